The van der Waals surface area contributed by atoms with Crippen molar-refractivity contribution in [2.45, 2.75) is 73.7 Å². The second-order valence-electron chi connectivity index (χ2n) is 5.40. The maximum absolute atomic E-state index is 10.7. The molecule has 1 radical (unpaired) electrons. The zero-order valence-electron chi connectivity index (χ0n) is 16.7. The van der Waals surface area contributed by atoms with E-state index in [1.54, 1.807) is 48.5 Å². The van der Waals surface area contributed by atoms with Crippen LogP contribution >= 0.6 is 0 Å². The van der Waals surface area contributed by atoms with Crippen molar-refractivity contribution in [3.8, 4) is 0 Å². The monoisotopic (exact) mass is 397 g/mol. The molecule has 0 saturated heterocycles. The third kappa shape index (κ3) is 99.8. The SMILES string of the molecule is C=C(C)C(=O)OCCOC(C)=O.CC(C)[O-].CC(C)[O-].CC(C)[O-].[Ti+3]. The molecule has 0 rings (SSSR count). The smallest absolute Gasteiger partial charge is 0.852 e. The first-order valence-corrected chi connectivity index (χ1v) is 7.67. The molecule has 0 heterocycles. The van der Waals surface area contributed by atoms with Crippen molar-refractivity contribution in [2.75, 3.05) is 13.2 Å². The molecule has 0 aromatic rings. The van der Waals surface area contributed by atoms with Crippen molar-refractivity contribution in [3.05, 3.63) is 12.2 Å². The maximum Gasteiger partial charge on any atom is 3.00 e. The minimum Gasteiger partial charge on any atom is -0.852 e. The molecular weight excluding hydrogens is 364 g/mol. The molecule has 0 N–H and O–H groups in total. The Balaban J connectivity index is -0.0000000850. The summed E-state index contributed by atoms with van der Waals surface area (Å²) in [6.07, 6.45) is -1.25. The first-order chi connectivity index (χ1) is 10.7. The van der Waals surface area contributed by atoms with Gasteiger partial charge in [0, 0.05) is 12.5 Å². The van der Waals surface area contributed by atoms with E-state index in [2.05, 4.69) is 16.1 Å². The van der Waals surface area contributed by atoms with Gasteiger partial charge in [-0.3, -0.25) is 4.79 Å². The predicted octanol–water partition coefficient (Wildman–Crippen LogP) is -0.0684. The largest absolute Gasteiger partial charge is 3.00 e. The molecule has 0 atom stereocenters. The topological polar surface area (TPSA) is 122 Å². The Hall–Kier alpha value is -0.726. The molecule has 8 heteroatoms. The van der Waals surface area contributed by atoms with Crippen LogP contribution in [0.15, 0.2) is 12.2 Å². The van der Waals surface area contributed by atoms with Crippen LogP contribution < -0.4 is 15.3 Å². The number of hydrogen-bond acceptors (Lipinski definition) is 7. The third-order valence-electron chi connectivity index (χ3n) is 0.970. The van der Waals surface area contributed by atoms with Gasteiger partial charge in [0.15, 0.2) is 0 Å². The molecule has 0 fully saturated rings. The van der Waals surface area contributed by atoms with Gasteiger partial charge in [0.1, 0.15) is 13.2 Å². The Morgan fingerprint density at radius 2 is 1.04 bits per heavy atom. The fourth-order valence-electron chi connectivity index (χ4n) is 0.443. The van der Waals surface area contributed by atoms with Crippen molar-refractivity contribution in [1.82, 2.24) is 0 Å². The van der Waals surface area contributed by atoms with Crippen LogP contribution in [0.2, 0.25) is 0 Å². The fraction of sp³-hybridized carbons (Fsp3) is 0.765. The zero-order chi connectivity index (χ0) is 20.3. The van der Waals surface area contributed by atoms with Crippen LogP contribution in [-0.4, -0.2) is 43.5 Å². The molecule has 0 aromatic carbocycles. The molecule has 0 aromatic heterocycles. The Morgan fingerprint density at radius 1 is 0.800 bits per heavy atom. The van der Waals surface area contributed by atoms with Crippen LogP contribution in [0.3, 0.4) is 0 Å². The molecule has 0 aliphatic carbocycles. The zero-order valence-corrected chi connectivity index (χ0v) is 18.3. The van der Waals surface area contributed by atoms with Gasteiger partial charge in [0.2, 0.25) is 0 Å². The Bertz CT molecular complexity index is 294. The molecule has 0 bridgehead atoms. The molecule has 0 unspecified atom stereocenters. The molecule has 25 heavy (non-hydrogen) atoms. The number of rotatable bonds is 4. The van der Waals surface area contributed by atoms with Gasteiger partial charge in [-0.1, -0.05) is 48.1 Å². The fourth-order valence-corrected chi connectivity index (χ4v) is 0.443. The standard InChI is InChI=1S/C8H12O4.3C3H7O.Ti/c1-6(2)8(10)12-5-4-11-7(3)9;3*1-3(2)4;/h1,4-5H2,2-3H3;3*3H,1-2H3;/q;3*-1;+3. The Kier molecular flexibility index (Phi) is 36.1. The minimum atomic E-state index is -0.470. The van der Waals surface area contributed by atoms with E-state index in [4.69, 9.17) is 0 Å². The van der Waals surface area contributed by atoms with Gasteiger partial charge < -0.3 is 24.8 Å². The molecular formula is C17H33O7Ti. The molecule has 0 amide bonds. The second kappa shape index (κ2) is 25.5. The van der Waals surface area contributed by atoms with Gasteiger partial charge in [-0.05, 0) is 6.92 Å². The van der Waals surface area contributed by atoms with Crippen molar-refractivity contribution in [1.29, 1.82) is 0 Å². The van der Waals surface area contributed by atoms with E-state index in [1.165, 1.54) is 6.92 Å². The third-order valence-corrected chi connectivity index (χ3v) is 0.970. The predicted molar refractivity (Wildman–Crippen MR) is 87.8 cm³/mol. The summed E-state index contributed by atoms with van der Waals surface area (Å²) >= 11 is 0. The van der Waals surface area contributed by atoms with Crippen LogP contribution in [0.4, 0.5) is 0 Å². The first-order valence-electron chi connectivity index (χ1n) is 7.67. The summed E-state index contributed by atoms with van der Waals surface area (Å²) in [7, 11) is 0. The van der Waals surface area contributed by atoms with E-state index in [0.29, 0.717) is 5.57 Å². The average Bonchev–Trinajstić information content (AvgIpc) is 2.31. The maximum atomic E-state index is 10.7. The van der Waals surface area contributed by atoms with Crippen molar-refractivity contribution < 1.29 is 56.1 Å². The summed E-state index contributed by atoms with van der Waals surface area (Å²) in [5, 5.41) is 28.6. The van der Waals surface area contributed by atoms with Crippen LogP contribution in [0, 0.1) is 0 Å². The number of ether oxygens (including phenoxy) is 2. The molecule has 0 aliphatic rings. The number of carbonyl (C=O) groups excluding carboxylic acids is 2. The van der Waals surface area contributed by atoms with Gasteiger partial charge in [0.05, 0.1) is 0 Å². The van der Waals surface area contributed by atoms with Gasteiger partial charge in [-0.2, -0.15) is 0 Å². The summed E-state index contributed by atoms with van der Waals surface area (Å²) in [5.41, 5.74) is 0.331. The number of esters is 2. The normalized spacial score (nSPS) is 8.56. The van der Waals surface area contributed by atoms with Gasteiger partial charge in [-0.25, -0.2) is 4.79 Å². The van der Waals surface area contributed by atoms with E-state index < -0.39 is 24.3 Å². The summed E-state index contributed by atoms with van der Waals surface area (Å²) in [6.45, 7) is 16.1. The molecule has 147 valence electrons. The van der Waals surface area contributed by atoms with Crippen LogP contribution in [-0.2, 0) is 40.8 Å². The van der Waals surface area contributed by atoms with E-state index in [1.807, 2.05) is 0 Å². The average molecular weight is 397 g/mol. The van der Waals surface area contributed by atoms with Crippen LogP contribution in [0.1, 0.15) is 55.4 Å². The molecule has 0 aliphatic heterocycles. The van der Waals surface area contributed by atoms with Gasteiger partial charge in [0.25, 0.3) is 0 Å². The summed E-state index contributed by atoms with van der Waals surface area (Å²) in [4.78, 5) is 21.0. The molecule has 0 spiro atoms. The number of carbonyl (C=O) groups is 2. The summed E-state index contributed by atoms with van der Waals surface area (Å²) in [6, 6.07) is 0. The van der Waals surface area contributed by atoms with Crippen molar-refractivity contribution in [3.63, 3.8) is 0 Å². The number of hydrogen-bond donors (Lipinski definition) is 0. The van der Waals surface area contributed by atoms with E-state index in [9.17, 15) is 24.9 Å². The minimum absolute atomic E-state index is 0. The van der Waals surface area contributed by atoms with Gasteiger partial charge in [-0.15, -0.1) is 18.3 Å². The van der Waals surface area contributed by atoms with Crippen molar-refractivity contribution in [2.24, 2.45) is 0 Å². The summed E-state index contributed by atoms with van der Waals surface area (Å²) < 4.78 is 9.16. The van der Waals surface area contributed by atoms with Gasteiger partial charge >= 0.3 is 33.7 Å². The molecule has 7 nitrogen and oxygen atoms in total. The van der Waals surface area contributed by atoms with Crippen LogP contribution in [0.25, 0.3) is 0 Å². The first kappa shape index (κ1) is 35.4. The van der Waals surface area contributed by atoms with Crippen LogP contribution in [0.5, 0.6) is 0 Å². The quantitative estimate of drug-likeness (QED) is 0.282. The van der Waals surface area contributed by atoms with E-state index in [-0.39, 0.29) is 40.9 Å². The summed E-state index contributed by atoms with van der Waals surface area (Å²) in [5.74, 6) is -0.858. The van der Waals surface area contributed by atoms with E-state index in [0.717, 1.165) is 0 Å². The Labute approximate surface area is 167 Å². The van der Waals surface area contributed by atoms with E-state index >= 15 is 0 Å². The second-order valence-corrected chi connectivity index (χ2v) is 5.40. The Morgan fingerprint density at radius 3 is 1.24 bits per heavy atom. The molecule has 0 saturated carbocycles. The van der Waals surface area contributed by atoms with Crippen molar-refractivity contribution >= 4 is 11.9 Å².